The molecule has 5 heteroatoms. The van der Waals surface area contributed by atoms with Crippen LogP contribution in [0.1, 0.15) is 5.82 Å². The van der Waals surface area contributed by atoms with E-state index in [0.29, 0.717) is 13.2 Å². The highest BCUT2D eigenvalue weighted by atomic mass is 16.5. The van der Waals surface area contributed by atoms with E-state index in [1.54, 1.807) is 0 Å². The van der Waals surface area contributed by atoms with Crippen LogP contribution in [0.25, 0.3) is 11.4 Å². The van der Waals surface area contributed by atoms with Crippen LogP contribution in [0.5, 0.6) is 0 Å². The van der Waals surface area contributed by atoms with E-state index in [2.05, 4.69) is 14.8 Å². The number of hydrogen-bond donors (Lipinski definition) is 1. The molecule has 2 aromatic rings. The quantitative estimate of drug-likeness (QED) is 0.724. The van der Waals surface area contributed by atoms with Gasteiger partial charge in [0, 0.05) is 17.8 Å². The molecular weight excluding hydrogens is 204 g/mol. The summed E-state index contributed by atoms with van der Waals surface area (Å²) < 4.78 is 7.41. The van der Waals surface area contributed by atoms with Crippen LogP contribution in [0.3, 0.4) is 0 Å². The Morgan fingerprint density at radius 3 is 2.81 bits per heavy atom. The smallest absolute Gasteiger partial charge is 0.164 e. The van der Waals surface area contributed by atoms with Crippen molar-refractivity contribution >= 4 is 5.69 Å². The number of nitrogen functional groups attached to an aromatic ring is 1. The predicted molar refractivity (Wildman–Crippen MR) is 59.5 cm³/mol. The molecule has 0 spiro atoms. The SMILES string of the molecule is Nc1ccc(-c2nnc3n2CCOC3)cc1. The molecule has 1 aliphatic rings. The fourth-order valence-electron chi connectivity index (χ4n) is 1.84. The summed E-state index contributed by atoms with van der Waals surface area (Å²) in [4.78, 5) is 0. The molecule has 1 aliphatic heterocycles. The second-order valence-electron chi connectivity index (χ2n) is 3.77. The van der Waals surface area contributed by atoms with E-state index in [1.165, 1.54) is 0 Å². The highest BCUT2D eigenvalue weighted by Crippen LogP contribution is 2.21. The van der Waals surface area contributed by atoms with Crippen molar-refractivity contribution in [3.8, 4) is 11.4 Å². The second kappa shape index (κ2) is 3.61. The highest BCUT2D eigenvalue weighted by Gasteiger charge is 2.16. The van der Waals surface area contributed by atoms with Gasteiger partial charge in [0.15, 0.2) is 11.6 Å². The van der Waals surface area contributed by atoms with Gasteiger partial charge in [-0.3, -0.25) is 0 Å². The van der Waals surface area contributed by atoms with E-state index in [1.807, 2.05) is 24.3 Å². The number of aromatic nitrogens is 3. The zero-order valence-electron chi connectivity index (χ0n) is 8.76. The molecule has 2 N–H and O–H groups in total. The van der Waals surface area contributed by atoms with E-state index in [-0.39, 0.29) is 0 Å². The lowest BCUT2D eigenvalue weighted by molar-refractivity contribution is 0.0821. The number of anilines is 1. The molecular formula is C11H12N4O. The first-order valence-electron chi connectivity index (χ1n) is 5.20. The van der Waals surface area contributed by atoms with Gasteiger partial charge in [-0.2, -0.15) is 0 Å². The number of nitrogens with two attached hydrogens (primary N) is 1. The van der Waals surface area contributed by atoms with E-state index in [4.69, 9.17) is 10.5 Å². The van der Waals surface area contributed by atoms with Gasteiger partial charge >= 0.3 is 0 Å². The Kier molecular flexibility index (Phi) is 2.11. The topological polar surface area (TPSA) is 66.0 Å². The molecule has 5 nitrogen and oxygen atoms in total. The second-order valence-corrected chi connectivity index (χ2v) is 3.77. The van der Waals surface area contributed by atoms with E-state index in [0.717, 1.165) is 29.4 Å². The standard InChI is InChI=1S/C11H12N4O/c12-9-3-1-8(2-4-9)11-14-13-10-7-16-6-5-15(10)11/h1-4H,5-7,12H2. The minimum atomic E-state index is 0.544. The van der Waals surface area contributed by atoms with Gasteiger partial charge in [0.1, 0.15) is 6.61 Å². The Hall–Kier alpha value is -1.88. The average Bonchev–Trinajstić information content (AvgIpc) is 2.74. The molecule has 0 unspecified atom stereocenters. The zero-order chi connectivity index (χ0) is 11.0. The van der Waals surface area contributed by atoms with E-state index < -0.39 is 0 Å². The summed E-state index contributed by atoms with van der Waals surface area (Å²) in [6, 6.07) is 7.66. The first-order chi connectivity index (χ1) is 7.84. The lowest BCUT2D eigenvalue weighted by Crippen LogP contribution is -2.17. The van der Waals surface area contributed by atoms with Crippen molar-refractivity contribution in [1.82, 2.24) is 14.8 Å². The number of fused-ring (bicyclic) bond motifs is 1. The molecule has 0 radical (unpaired) electrons. The van der Waals surface area contributed by atoms with Crippen molar-refractivity contribution in [2.45, 2.75) is 13.2 Å². The Bertz CT molecular complexity index is 503. The van der Waals surface area contributed by atoms with E-state index in [9.17, 15) is 0 Å². The number of hydrogen-bond acceptors (Lipinski definition) is 4. The fraction of sp³-hybridized carbons (Fsp3) is 0.273. The zero-order valence-corrected chi connectivity index (χ0v) is 8.76. The van der Waals surface area contributed by atoms with Gasteiger partial charge in [-0.05, 0) is 24.3 Å². The summed E-state index contributed by atoms with van der Waals surface area (Å²) in [5.74, 6) is 1.77. The molecule has 2 heterocycles. The number of nitrogens with zero attached hydrogens (tertiary/aromatic N) is 3. The van der Waals surface area contributed by atoms with Crippen LogP contribution in [0.4, 0.5) is 5.69 Å². The van der Waals surface area contributed by atoms with Crippen LogP contribution in [0.2, 0.25) is 0 Å². The van der Waals surface area contributed by atoms with Crippen molar-refractivity contribution in [2.24, 2.45) is 0 Å². The number of benzene rings is 1. The normalized spacial score (nSPS) is 14.8. The maximum absolute atomic E-state index is 5.66. The molecule has 0 aliphatic carbocycles. The van der Waals surface area contributed by atoms with Gasteiger partial charge in [0.05, 0.1) is 6.61 Å². The maximum atomic E-state index is 5.66. The van der Waals surface area contributed by atoms with Crippen LogP contribution in [-0.2, 0) is 17.9 Å². The van der Waals surface area contributed by atoms with Crippen molar-refractivity contribution in [3.05, 3.63) is 30.1 Å². The third-order valence-corrected chi connectivity index (χ3v) is 2.69. The predicted octanol–water partition coefficient (Wildman–Crippen LogP) is 1.06. The highest BCUT2D eigenvalue weighted by molar-refractivity contribution is 5.59. The van der Waals surface area contributed by atoms with Gasteiger partial charge in [0.25, 0.3) is 0 Å². The van der Waals surface area contributed by atoms with Crippen LogP contribution in [0, 0.1) is 0 Å². The van der Waals surface area contributed by atoms with Crippen molar-refractivity contribution in [3.63, 3.8) is 0 Å². The van der Waals surface area contributed by atoms with Crippen molar-refractivity contribution < 1.29 is 4.74 Å². The fourth-order valence-corrected chi connectivity index (χ4v) is 1.84. The molecule has 0 fully saturated rings. The van der Waals surface area contributed by atoms with Gasteiger partial charge in [-0.1, -0.05) is 0 Å². The van der Waals surface area contributed by atoms with Crippen LogP contribution >= 0.6 is 0 Å². The molecule has 0 saturated carbocycles. The first kappa shape index (κ1) is 9.35. The molecule has 0 bridgehead atoms. The first-order valence-corrected chi connectivity index (χ1v) is 5.20. The molecule has 16 heavy (non-hydrogen) atoms. The molecule has 1 aromatic carbocycles. The van der Waals surface area contributed by atoms with Gasteiger partial charge in [-0.25, -0.2) is 0 Å². The van der Waals surface area contributed by atoms with E-state index >= 15 is 0 Å². The van der Waals surface area contributed by atoms with Gasteiger partial charge in [0.2, 0.25) is 0 Å². The number of rotatable bonds is 1. The minimum absolute atomic E-state index is 0.544. The molecule has 0 atom stereocenters. The summed E-state index contributed by atoms with van der Waals surface area (Å²) in [6.07, 6.45) is 0. The summed E-state index contributed by atoms with van der Waals surface area (Å²) in [7, 11) is 0. The third-order valence-electron chi connectivity index (χ3n) is 2.69. The Balaban J connectivity index is 2.06. The largest absolute Gasteiger partial charge is 0.399 e. The average molecular weight is 216 g/mol. The summed E-state index contributed by atoms with van der Waals surface area (Å²) >= 11 is 0. The minimum Gasteiger partial charge on any atom is -0.399 e. The van der Waals surface area contributed by atoms with Crippen LogP contribution < -0.4 is 5.73 Å². The molecule has 1 aromatic heterocycles. The Morgan fingerprint density at radius 1 is 1.19 bits per heavy atom. The lowest BCUT2D eigenvalue weighted by Gasteiger charge is -2.15. The monoisotopic (exact) mass is 216 g/mol. The molecule has 3 rings (SSSR count). The summed E-state index contributed by atoms with van der Waals surface area (Å²) in [5, 5.41) is 8.30. The van der Waals surface area contributed by atoms with Crippen molar-refractivity contribution in [2.75, 3.05) is 12.3 Å². The Morgan fingerprint density at radius 2 is 2.00 bits per heavy atom. The molecule has 0 amide bonds. The number of ether oxygens (including phenoxy) is 1. The summed E-state index contributed by atoms with van der Waals surface area (Å²) in [5.41, 5.74) is 7.45. The summed E-state index contributed by atoms with van der Waals surface area (Å²) in [6.45, 7) is 2.07. The third kappa shape index (κ3) is 1.45. The lowest BCUT2D eigenvalue weighted by atomic mass is 10.2. The van der Waals surface area contributed by atoms with Gasteiger partial charge in [-0.15, -0.1) is 10.2 Å². The van der Waals surface area contributed by atoms with Gasteiger partial charge < -0.3 is 15.0 Å². The molecule has 82 valence electrons. The Labute approximate surface area is 92.9 Å². The van der Waals surface area contributed by atoms with Crippen LogP contribution in [-0.4, -0.2) is 21.4 Å². The van der Waals surface area contributed by atoms with Crippen LogP contribution in [0.15, 0.2) is 24.3 Å². The molecule has 0 saturated heterocycles. The maximum Gasteiger partial charge on any atom is 0.164 e. The van der Waals surface area contributed by atoms with Crippen molar-refractivity contribution in [1.29, 1.82) is 0 Å².